The lowest BCUT2D eigenvalue weighted by Gasteiger charge is -2.40. The van der Waals surface area contributed by atoms with E-state index in [0.717, 1.165) is 35.5 Å². The highest BCUT2D eigenvalue weighted by molar-refractivity contribution is 6.07. The largest absolute Gasteiger partial charge is 0.496 e. The van der Waals surface area contributed by atoms with Crippen molar-refractivity contribution in [3.05, 3.63) is 59.2 Å². The number of hydrogen-bond donors (Lipinski definition) is 1. The van der Waals surface area contributed by atoms with Crippen LogP contribution in [0.4, 0.5) is 5.69 Å². The summed E-state index contributed by atoms with van der Waals surface area (Å²) >= 11 is 0. The quantitative estimate of drug-likeness (QED) is 0.817. The summed E-state index contributed by atoms with van der Waals surface area (Å²) in [7, 11) is 5.76. The Bertz CT molecular complexity index is 925. The van der Waals surface area contributed by atoms with Crippen molar-refractivity contribution < 1.29 is 9.53 Å². The fourth-order valence-corrected chi connectivity index (χ4v) is 5.12. The number of ether oxygens (including phenoxy) is 1. The van der Waals surface area contributed by atoms with Crippen molar-refractivity contribution in [1.82, 2.24) is 10.2 Å². The third-order valence-corrected chi connectivity index (χ3v) is 6.85. The second kappa shape index (κ2) is 8.05. The Kier molecular flexibility index (Phi) is 5.60. The van der Waals surface area contributed by atoms with Gasteiger partial charge in [-0.05, 0) is 57.5 Å². The van der Waals surface area contributed by atoms with Crippen LogP contribution in [0.2, 0.25) is 0 Å². The van der Waals surface area contributed by atoms with Crippen molar-refractivity contribution in [2.24, 2.45) is 0 Å². The van der Waals surface area contributed by atoms with Gasteiger partial charge < -0.3 is 15.0 Å². The van der Waals surface area contributed by atoms with E-state index in [1.807, 2.05) is 27.0 Å². The maximum absolute atomic E-state index is 12.7. The summed E-state index contributed by atoms with van der Waals surface area (Å²) in [6, 6.07) is 15.6. The van der Waals surface area contributed by atoms with Gasteiger partial charge >= 0.3 is 0 Å². The number of likely N-dealkylation sites (tertiary alicyclic amines) is 1. The molecule has 2 heterocycles. The minimum atomic E-state index is -0.511. The number of nitrogens with zero attached hydrogens (tertiary/aromatic N) is 2. The number of carbonyl (C=O) groups excluding carboxylic acids is 1. The van der Waals surface area contributed by atoms with Crippen molar-refractivity contribution >= 4 is 11.6 Å². The summed E-state index contributed by atoms with van der Waals surface area (Å²) in [6.07, 6.45) is 2.33. The molecule has 0 spiro atoms. The van der Waals surface area contributed by atoms with E-state index in [1.54, 1.807) is 12.0 Å². The van der Waals surface area contributed by atoms with Crippen LogP contribution >= 0.6 is 0 Å². The molecule has 1 amide bonds. The fourth-order valence-electron chi connectivity index (χ4n) is 5.12. The highest BCUT2D eigenvalue weighted by Crippen LogP contribution is 2.44. The predicted octanol–water partition coefficient (Wildman–Crippen LogP) is 3.87. The Morgan fingerprint density at radius 2 is 1.90 bits per heavy atom. The highest BCUT2D eigenvalue weighted by Gasteiger charge is 2.43. The van der Waals surface area contributed by atoms with Gasteiger partial charge in [0.25, 0.3) is 0 Å². The number of carbonyl (C=O) groups is 1. The third kappa shape index (κ3) is 3.50. The molecule has 0 saturated carbocycles. The zero-order valence-electron chi connectivity index (χ0n) is 18.7. The molecule has 2 aliphatic rings. The number of anilines is 1. The van der Waals surface area contributed by atoms with Crippen LogP contribution in [0.15, 0.2) is 42.5 Å². The van der Waals surface area contributed by atoms with E-state index in [-0.39, 0.29) is 5.91 Å². The second-order valence-electron chi connectivity index (χ2n) is 9.14. The molecule has 2 aromatic carbocycles. The van der Waals surface area contributed by atoms with Crippen LogP contribution in [-0.4, -0.2) is 44.6 Å². The van der Waals surface area contributed by atoms with Crippen molar-refractivity contribution in [1.29, 1.82) is 0 Å². The number of benzene rings is 2. The van der Waals surface area contributed by atoms with Crippen LogP contribution in [0.1, 0.15) is 49.4 Å². The molecule has 1 fully saturated rings. The molecule has 5 nitrogen and oxygen atoms in total. The van der Waals surface area contributed by atoms with Gasteiger partial charge in [-0.1, -0.05) is 30.3 Å². The number of nitrogens with one attached hydrogen (secondary N) is 1. The minimum absolute atomic E-state index is 0.128. The second-order valence-corrected chi connectivity index (χ2v) is 9.14. The number of hydrogen-bond acceptors (Lipinski definition) is 4. The van der Waals surface area contributed by atoms with Crippen LogP contribution in [0.25, 0.3) is 0 Å². The molecular weight excluding hydrogens is 374 g/mol. The van der Waals surface area contributed by atoms with E-state index in [2.05, 4.69) is 53.7 Å². The van der Waals surface area contributed by atoms with Crippen LogP contribution in [-0.2, 0) is 16.8 Å². The van der Waals surface area contributed by atoms with E-state index in [0.29, 0.717) is 18.6 Å². The van der Waals surface area contributed by atoms with Gasteiger partial charge in [-0.2, -0.15) is 0 Å². The first-order valence-electron chi connectivity index (χ1n) is 10.8. The minimum Gasteiger partial charge on any atom is -0.496 e. The Labute approximate surface area is 180 Å². The first kappa shape index (κ1) is 20.9. The molecule has 2 aromatic rings. The first-order valence-corrected chi connectivity index (χ1v) is 10.8. The summed E-state index contributed by atoms with van der Waals surface area (Å²) in [6.45, 7) is 5.83. The Morgan fingerprint density at radius 3 is 2.60 bits per heavy atom. The number of methoxy groups -OCH3 is 1. The Morgan fingerprint density at radius 1 is 1.17 bits per heavy atom. The summed E-state index contributed by atoms with van der Waals surface area (Å²) in [5.41, 5.74) is 3.97. The molecule has 4 rings (SSSR count). The van der Waals surface area contributed by atoms with Crippen LogP contribution in [0, 0.1) is 0 Å². The van der Waals surface area contributed by atoms with Gasteiger partial charge in [0.05, 0.1) is 18.2 Å². The monoisotopic (exact) mass is 407 g/mol. The SMILES string of the molecule is COc1cc2c(cc1CN[C@H]1CCCN(C)[C@@H]1c1ccccc1)C(C)(C)C(=O)N2C. The number of fused-ring (bicyclic) bond motifs is 1. The van der Waals surface area contributed by atoms with E-state index in [9.17, 15) is 4.79 Å². The lowest BCUT2D eigenvalue weighted by molar-refractivity contribution is -0.121. The zero-order chi connectivity index (χ0) is 21.5. The average molecular weight is 408 g/mol. The molecule has 5 heteroatoms. The Hall–Kier alpha value is -2.37. The standard InChI is InChI=1S/C25H33N3O2/c1-25(2)19-14-18(22(30-5)15-21(19)28(4)24(25)29)16-26-20-12-9-13-27(3)23(20)17-10-7-6-8-11-17/h6-8,10-11,14-15,20,23,26H,9,12-13,16H2,1-5H3/t20-,23+/m0/s1. The number of likely N-dealkylation sites (N-methyl/N-ethyl adjacent to an activating group) is 2. The maximum atomic E-state index is 12.7. The van der Waals surface area contributed by atoms with Crippen molar-refractivity contribution in [2.75, 3.05) is 32.6 Å². The van der Waals surface area contributed by atoms with Gasteiger partial charge in [0.2, 0.25) is 5.91 Å². The maximum Gasteiger partial charge on any atom is 0.236 e. The normalized spacial score (nSPS) is 23.5. The molecule has 0 aromatic heterocycles. The van der Waals surface area contributed by atoms with Crippen LogP contribution in [0.3, 0.4) is 0 Å². The fraction of sp³-hybridized carbons (Fsp3) is 0.480. The summed E-state index contributed by atoms with van der Waals surface area (Å²) in [5, 5.41) is 3.81. The van der Waals surface area contributed by atoms with Crippen molar-refractivity contribution in [3.63, 3.8) is 0 Å². The van der Waals surface area contributed by atoms with Crippen LogP contribution in [0.5, 0.6) is 5.75 Å². The van der Waals surface area contributed by atoms with Gasteiger partial charge in [-0.3, -0.25) is 9.69 Å². The molecule has 2 atom stereocenters. The molecule has 0 radical (unpaired) electrons. The zero-order valence-corrected chi connectivity index (χ0v) is 18.7. The lowest BCUT2D eigenvalue weighted by Crippen LogP contribution is -2.46. The van der Waals surface area contributed by atoms with Crippen LogP contribution < -0.4 is 15.0 Å². The molecule has 30 heavy (non-hydrogen) atoms. The molecule has 160 valence electrons. The van der Waals surface area contributed by atoms with E-state index < -0.39 is 5.41 Å². The van der Waals surface area contributed by atoms with E-state index >= 15 is 0 Å². The first-order chi connectivity index (χ1) is 14.3. The number of rotatable bonds is 5. The lowest BCUT2D eigenvalue weighted by atomic mass is 9.85. The number of piperidine rings is 1. The molecule has 1 N–H and O–H groups in total. The van der Waals surface area contributed by atoms with Gasteiger partial charge in [0, 0.05) is 37.3 Å². The molecule has 0 aliphatic carbocycles. The summed E-state index contributed by atoms with van der Waals surface area (Å²) in [5.74, 6) is 0.960. The van der Waals surface area contributed by atoms with Gasteiger partial charge in [-0.25, -0.2) is 0 Å². The molecule has 0 unspecified atom stereocenters. The predicted molar refractivity (Wildman–Crippen MR) is 121 cm³/mol. The van der Waals surface area contributed by atoms with Gasteiger partial charge in [0.15, 0.2) is 0 Å². The van der Waals surface area contributed by atoms with Crippen molar-refractivity contribution in [3.8, 4) is 5.75 Å². The third-order valence-electron chi connectivity index (χ3n) is 6.85. The summed E-state index contributed by atoms with van der Waals surface area (Å²) < 4.78 is 5.71. The van der Waals surface area contributed by atoms with E-state index in [4.69, 9.17) is 4.74 Å². The molecule has 2 aliphatic heterocycles. The number of amides is 1. The van der Waals surface area contributed by atoms with Crippen molar-refractivity contribution in [2.45, 2.75) is 50.7 Å². The topological polar surface area (TPSA) is 44.8 Å². The molecule has 0 bridgehead atoms. The average Bonchev–Trinajstić information content (AvgIpc) is 2.92. The Balaban J connectivity index is 1.60. The highest BCUT2D eigenvalue weighted by atomic mass is 16.5. The van der Waals surface area contributed by atoms with Gasteiger partial charge in [0.1, 0.15) is 5.75 Å². The van der Waals surface area contributed by atoms with Gasteiger partial charge in [-0.15, -0.1) is 0 Å². The molecular formula is C25H33N3O2. The summed E-state index contributed by atoms with van der Waals surface area (Å²) in [4.78, 5) is 16.9. The smallest absolute Gasteiger partial charge is 0.236 e. The molecule has 1 saturated heterocycles. The van der Waals surface area contributed by atoms with E-state index in [1.165, 1.54) is 12.0 Å².